The fourth-order valence-electron chi connectivity index (χ4n) is 3.80. The van der Waals surface area contributed by atoms with Crippen LogP contribution in [0, 0.1) is 16.0 Å². The molecule has 5 nitrogen and oxygen atoms in total. The third-order valence-electron chi connectivity index (χ3n) is 5.21. The van der Waals surface area contributed by atoms with Crippen LogP contribution in [-0.4, -0.2) is 17.4 Å². The topological polar surface area (TPSA) is 63.5 Å². The van der Waals surface area contributed by atoms with Gasteiger partial charge in [0.25, 0.3) is 5.69 Å². The van der Waals surface area contributed by atoms with Crippen LogP contribution >= 0.6 is 0 Å². The Balaban J connectivity index is 1.58. The summed E-state index contributed by atoms with van der Waals surface area (Å²) < 4.78 is 39.7. The van der Waals surface area contributed by atoms with E-state index in [-0.39, 0.29) is 17.2 Å². The van der Waals surface area contributed by atoms with Crippen LogP contribution in [0.5, 0.6) is 0 Å². The van der Waals surface area contributed by atoms with E-state index in [4.69, 9.17) is 0 Å². The van der Waals surface area contributed by atoms with Gasteiger partial charge in [-0.1, -0.05) is 24.3 Å². The van der Waals surface area contributed by atoms with Crippen LogP contribution in [0.3, 0.4) is 0 Å². The molecule has 2 aromatic carbocycles. The highest BCUT2D eigenvalue weighted by molar-refractivity contribution is 5.99. The fourth-order valence-corrected chi connectivity index (χ4v) is 3.80. The van der Waals surface area contributed by atoms with Crippen molar-refractivity contribution in [2.45, 2.75) is 24.9 Å². The second kappa shape index (κ2) is 6.07. The number of fused-ring (bicyclic) bond motifs is 1. The van der Waals surface area contributed by atoms with Crippen molar-refractivity contribution in [1.29, 1.82) is 0 Å². The molecule has 0 aromatic heterocycles. The van der Waals surface area contributed by atoms with Crippen molar-refractivity contribution in [2.24, 2.45) is 5.92 Å². The van der Waals surface area contributed by atoms with Gasteiger partial charge in [0.2, 0.25) is 5.91 Å². The number of nitro groups is 1. The Bertz CT molecular complexity index is 942. The van der Waals surface area contributed by atoms with E-state index < -0.39 is 28.5 Å². The number of carbonyl (C=O) groups is 1. The third kappa shape index (κ3) is 3.05. The van der Waals surface area contributed by atoms with Crippen LogP contribution in [0.25, 0.3) is 0 Å². The Labute approximate surface area is 152 Å². The van der Waals surface area contributed by atoms with Crippen molar-refractivity contribution in [3.63, 3.8) is 0 Å². The molecule has 1 aliphatic carbocycles. The molecule has 0 bridgehead atoms. The molecular formula is C19H15F3N2O3. The van der Waals surface area contributed by atoms with Crippen LogP contribution in [-0.2, 0) is 17.4 Å². The van der Waals surface area contributed by atoms with E-state index in [1.165, 1.54) is 29.2 Å². The number of halogens is 3. The van der Waals surface area contributed by atoms with Crippen LogP contribution in [0.15, 0.2) is 42.5 Å². The van der Waals surface area contributed by atoms with Gasteiger partial charge in [-0.15, -0.1) is 0 Å². The maximum atomic E-state index is 13.2. The Morgan fingerprint density at radius 3 is 2.63 bits per heavy atom. The van der Waals surface area contributed by atoms with Gasteiger partial charge in [0.15, 0.2) is 0 Å². The molecule has 2 aromatic rings. The lowest BCUT2D eigenvalue weighted by atomic mass is 10.0. The minimum Gasteiger partial charge on any atom is -0.311 e. The van der Waals surface area contributed by atoms with Gasteiger partial charge in [0.1, 0.15) is 0 Å². The number of alkyl halides is 3. The maximum absolute atomic E-state index is 13.2. The summed E-state index contributed by atoms with van der Waals surface area (Å²) in [6.07, 6.45) is -3.53. The van der Waals surface area contributed by atoms with E-state index in [0.29, 0.717) is 25.1 Å². The standard InChI is InChI=1S/C19H15F3N2O3/c20-19(21,22)16-4-2-1-3-13(16)14-10-15(14)18(25)23-8-7-11-5-6-12(24(26)27)9-17(11)23/h1-6,9,14-15H,7-8,10H2. The molecule has 0 radical (unpaired) electrons. The molecule has 1 fully saturated rings. The molecule has 4 rings (SSSR count). The van der Waals surface area contributed by atoms with Gasteiger partial charge in [-0.25, -0.2) is 0 Å². The SMILES string of the molecule is O=C(C1CC1c1ccccc1C(F)(F)F)N1CCc2ccc([N+](=O)[O-])cc21. The van der Waals surface area contributed by atoms with E-state index in [1.54, 1.807) is 12.1 Å². The number of carbonyl (C=O) groups excluding carboxylic acids is 1. The molecule has 0 spiro atoms. The van der Waals surface area contributed by atoms with Crippen LogP contribution in [0.2, 0.25) is 0 Å². The van der Waals surface area contributed by atoms with Crippen molar-refractivity contribution >= 4 is 17.3 Å². The van der Waals surface area contributed by atoms with E-state index in [0.717, 1.165) is 11.6 Å². The molecule has 1 amide bonds. The lowest BCUT2D eigenvalue weighted by Crippen LogP contribution is -2.30. The largest absolute Gasteiger partial charge is 0.416 e. The molecule has 1 saturated carbocycles. The minimum absolute atomic E-state index is 0.108. The average Bonchev–Trinajstić information content (AvgIpc) is 3.32. The molecule has 0 N–H and O–H groups in total. The van der Waals surface area contributed by atoms with Crippen molar-refractivity contribution in [3.8, 4) is 0 Å². The molecular weight excluding hydrogens is 361 g/mol. The zero-order valence-electron chi connectivity index (χ0n) is 14.1. The van der Waals surface area contributed by atoms with Crippen molar-refractivity contribution in [3.05, 3.63) is 69.3 Å². The second-order valence-corrected chi connectivity index (χ2v) is 6.84. The Morgan fingerprint density at radius 2 is 1.93 bits per heavy atom. The summed E-state index contributed by atoms with van der Waals surface area (Å²) in [5, 5.41) is 11.0. The smallest absolute Gasteiger partial charge is 0.311 e. The zero-order chi connectivity index (χ0) is 19.3. The van der Waals surface area contributed by atoms with E-state index in [2.05, 4.69) is 0 Å². The summed E-state index contributed by atoms with van der Waals surface area (Å²) in [5.41, 5.74) is 0.651. The molecule has 27 heavy (non-hydrogen) atoms. The first-order chi connectivity index (χ1) is 12.8. The summed E-state index contributed by atoms with van der Waals surface area (Å²) in [6, 6.07) is 9.71. The van der Waals surface area contributed by atoms with Crippen molar-refractivity contribution < 1.29 is 22.9 Å². The molecule has 0 saturated heterocycles. The first-order valence-electron chi connectivity index (χ1n) is 8.52. The summed E-state index contributed by atoms with van der Waals surface area (Å²) in [6.45, 7) is 0.388. The van der Waals surface area contributed by atoms with Gasteiger partial charge in [-0.2, -0.15) is 13.2 Å². The van der Waals surface area contributed by atoms with Gasteiger partial charge in [0.05, 0.1) is 16.2 Å². The Kier molecular flexibility index (Phi) is 3.94. The highest BCUT2D eigenvalue weighted by Gasteiger charge is 2.50. The number of hydrogen-bond donors (Lipinski definition) is 0. The lowest BCUT2D eigenvalue weighted by molar-refractivity contribution is -0.384. The summed E-state index contributed by atoms with van der Waals surface area (Å²) in [5.74, 6) is -1.27. The first-order valence-corrected chi connectivity index (χ1v) is 8.52. The normalized spacial score (nSPS) is 21.1. The number of amides is 1. The first kappa shape index (κ1) is 17.5. The number of anilines is 1. The van der Waals surface area contributed by atoms with Gasteiger partial charge < -0.3 is 4.90 Å². The van der Waals surface area contributed by atoms with Gasteiger partial charge in [0, 0.05) is 24.6 Å². The molecule has 2 unspecified atom stereocenters. The van der Waals surface area contributed by atoms with E-state index in [9.17, 15) is 28.1 Å². The number of benzene rings is 2. The molecule has 1 aliphatic heterocycles. The average molecular weight is 376 g/mol. The second-order valence-electron chi connectivity index (χ2n) is 6.84. The predicted molar refractivity (Wildman–Crippen MR) is 91.4 cm³/mol. The lowest BCUT2D eigenvalue weighted by Gasteiger charge is -2.18. The summed E-state index contributed by atoms with van der Waals surface area (Å²) in [4.78, 5) is 24.8. The van der Waals surface area contributed by atoms with Crippen molar-refractivity contribution in [2.75, 3.05) is 11.4 Å². The summed E-state index contributed by atoms with van der Waals surface area (Å²) in [7, 11) is 0. The molecule has 8 heteroatoms. The monoisotopic (exact) mass is 376 g/mol. The zero-order valence-corrected chi connectivity index (χ0v) is 14.1. The molecule has 2 aliphatic rings. The Hall–Kier alpha value is -2.90. The van der Waals surface area contributed by atoms with Gasteiger partial charge in [-0.05, 0) is 36.0 Å². The van der Waals surface area contributed by atoms with Crippen LogP contribution in [0.1, 0.15) is 29.0 Å². The van der Waals surface area contributed by atoms with Gasteiger partial charge >= 0.3 is 6.18 Å². The highest BCUT2D eigenvalue weighted by atomic mass is 19.4. The number of non-ortho nitro benzene ring substituents is 1. The van der Waals surface area contributed by atoms with Crippen molar-refractivity contribution in [1.82, 2.24) is 0 Å². The predicted octanol–water partition coefficient (Wildman–Crippen LogP) is 4.31. The molecule has 1 heterocycles. The molecule has 140 valence electrons. The number of hydrogen-bond acceptors (Lipinski definition) is 3. The van der Waals surface area contributed by atoms with Crippen LogP contribution < -0.4 is 4.90 Å². The fraction of sp³-hybridized carbons (Fsp3) is 0.316. The number of rotatable bonds is 3. The minimum atomic E-state index is -4.46. The number of nitrogens with zero attached hydrogens (tertiary/aromatic N) is 2. The molecule has 2 atom stereocenters. The highest BCUT2D eigenvalue weighted by Crippen LogP contribution is 2.52. The Morgan fingerprint density at radius 1 is 1.19 bits per heavy atom. The van der Waals surface area contributed by atoms with E-state index in [1.807, 2.05) is 0 Å². The van der Waals surface area contributed by atoms with E-state index >= 15 is 0 Å². The number of nitro benzene ring substituents is 1. The maximum Gasteiger partial charge on any atom is 0.416 e. The quantitative estimate of drug-likeness (QED) is 0.592. The summed E-state index contributed by atoms with van der Waals surface area (Å²) >= 11 is 0. The van der Waals surface area contributed by atoms with Crippen LogP contribution in [0.4, 0.5) is 24.5 Å². The van der Waals surface area contributed by atoms with Gasteiger partial charge in [-0.3, -0.25) is 14.9 Å². The third-order valence-corrected chi connectivity index (χ3v) is 5.21.